The van der Waals surface area contributed by atoms with Crippen molar-refractivity contribution in [2.75, 3.05) is 0 Å². The van der Waals surface area contributed by atoms with Crippen molar-refractivity contribution >= 4 is 22.9 Å². The van der Waals surface area contributed by atoms with Gasteiger partial charge in [0.2, 0.25) is 5.91 Å². The van der Waals surface area contributed by atoms with Gasteiger partial charge in [0.15, 0.2) is 23.1 Å². The van der Waals surface area contributed by atoms with Crippen LogP contribution in [0.3, 0.4) is 0 Å². The minimum Gasteiger partial charge on any atom is -0.487 e. The van der Waals surface area contributed by atoms with Crippen LogP contribution >= 0.6 is 0 Å². The lowest BCUT2D eigenvalue weighted by molar-refractivity contribution is -0.371. The van der Waals surface area contributed by atoms with E-state index in [1.165, 1.54) is 42.5 Å². The van der Waals surface area contributed by atoms with Gasteiger partial charge in [-0.15, -0.1) is 0 Å². The number of hydrogen-bond acceptors (Lipinski definition) is 9. The summed E-state index contributed by atoms with van der Waals surface area (Å²) in [6.07, 6.45) is -43.3. The summed E-state index contributed by atoms with van der Waals surface area (Å²) >= 11 is 0. The average molecular weight is 1500 g/mol. The molecular formula is C64H55F24N3O9S. The van der Waals surface area contributed by atoms with Gasteiger partial charge in [-0.1, -0.05) is 72.8 Å². The van der Waals surface area contributed by atoms with E-state index in [2.05, 4.69) is 14.2 Å². The van der Waals surface area contributed by atoms with Crippen LogP contribution in [0.1, 0.15) is 79.8 Å². The van der Waals surface area contributed by atoms with Crippen LogP contribution in [-0.4, -0.2) is 105 Å². The van der Waals surface area contributed by atoms with Crippen LogP contribution in [0.15, 0.2) is 145 Å². The number of benzene rings is 6. The van der Waals surface area contributed by atoms with E-state index in [-0.39, 0.29) is 41.0 Å². The fraction of sp³-hybridized carbons (Fsp3) is 0.375. The first-order valence-corrected chi connectivity index (χ1v) is 30.1. The summed E-state index contributed by atoms with van der Waals surface area (Å²) in [5.74, 6) is -11.7. The molecule has 6 aromatic carbocycles. The summed E-state index contributed by atoms with van der Waals surface area (Å²) in [4.78, 5) is 23.0. The van der Waals surface area contributed by atoms with E-state index in [1.54, 1.807) is 51.1 Å². The number of nitrogens with two attached hydrogens (primary N) is 1. The Morgan fingerprint density at radius 3 is 1.24 bits per heavy atom. The second-order valence-electron chi connectivity index (χ2n) is 23.4. The van der Waals surface area contributed by atoms with Crippen LogP contribution in [0.4, 0.5) is 105 Å². The number of hydrogen-bond donors (Lipinski definition) is 5. The number of aliphatic hydroxyl groups is 1. The Bertz CT molecular complexity index is 3870. The molecule has 0 aromatic heterocycles. The van der Waals surface area contributed by atoms with Crippen molar-refractivity contribution in [2.24, 2.45) is 5.73 Å². The first-order chi connectivity index (χ1) is 46.3. The number of carbonyl (C=O) groups excluding carboxylic acids is 1. The van der Waals surface area contributed by atoms with E-state index in [9.17, 15) is 120 Å². The number of ether oxygens (including phenoxy) is 4. The highest BCUT2D eigenvalue weighted by Gasteiger charge is 2.75. The highest BCUT2D eigenvalue weighted by molar-refractivity contribution is 7.84. The maximum absolute atomic E-state index is 15.0. The molecule has 37 heteroatoms. The molecule has 4 atom stereocenters. The molecular weight excluding hydrogens is 1440 g/mol. The Hall–Kier alpha value is -8.45. The number of amides is 1. The molecule has 0 aliphatic heterocycles. The van der Waals surface area contributed by atoms with E-state index in [1.807, 2.05) is 5.32 Å². The molecule has 6 N–H and O–H groups in total. The smallest absolute Gasteiger partial charge is 0.461 e. The van der Waals surface area contributed by atoms with Crippen molar-refractivity contribution < 1.29 is 148 Å². The molecule has 101 heavy (non-hydrogen) atoms. The Kier molecular flexibility index (Phi) is 25.0. The fourth-order valence-electron chi connectivity index (χ4n) is 9.23. The van der Waals surface area contributed by atoms with Crippen molar-refractivity contribution in [3.63, 3.8) is 0 Å². The van der Waals surface area contributed by atoms with Crippen LogP contribution in [0.5, 0.6) is 23.0 Å². The molecule has 2 aliphatic rings. The monoisotopic (exact) mass is 1500 g/mol. The van der Waals surface area contributed by atoms with Gasteiger partial charge in [-0.05, 0) is 135 Å². The van der Waals surface area contributed by atoms with Crippen molar-refractivity contribution in [2.45, 2.75) is 149 Å². The van der Waals surface area contributed by atoms with Gasteiger partial charge in [0.25, 0.3) is 5.60 Å². The third kappa shape index (κ3) is 20.9. The fourth-order valence-corrected chi connectivity index (χ4v) is 10.2. The zero-order valence-electron chi connectivity index (χ0n) is 51.7. The number of rotatable bonds is 24. The number of alkyl halides is 20. The predicted molar refractivity (Wildman–Crippen MR) is 310 cm³/mol. The molecule has 0 radical (unpaired) electrons. The summed E-state index contributed by atoms with van der Waals surface area (Å²) < 4.78 is 353. The van der Waals surface area contributed by atoms with Crippen molar-refractivity contribution in [1.82, 2.24) is 10.0 Å². The van der Waals surface area contributed by atoms with Gasteiger partial charge in [-0.25, -0.2) is 31.3 Å². The molecule has 0 bridgehead atoms. The molecule has 0 heterocycles. The summed E-state index contributed by atoms with van der Waals surface area (Å²) in [5.41, 5.74) is -8.28. The second-order valence-corrected chi connectivity index (χ2v) is 25.4. The summed E-state index contributed by atoms with van der Waals surface area (Å²) in [6, 6.07) is 21.9. The molecule has 1 amide bonds. The summed E-state index contributed by atoms with van der Waals surface area (Å²) in [6.45, 7) is 5.08. The van der Waals surface area contributed by atoms with Gasteiger partial charge >= 0.3 is 55.7 Å². The van der Waals surface area contributed by atoms with Crippen LogP contribution in [0.2, 0.25) is 0 Å². The van der Waals surface area contributed by atoms with E-state index >= 15 is 4.39 Å². The predicted octanol–water partition coefficient (Wildman–Crippen LogP) is 15.9. The van der Waals surface area contributed by atoms with Crippen LogP contribution < -0.4 is 34.7 Å². The number of carboxylic acids is 1. The zero-order valence-corrected chi connectivity index (χ0v) is 52.5. The Labute approximate surface area is 559 Å². The molecule has 2 saturated carbocycles. The van der Waals surface area contributed by atoms with Crippen molar-refractivity contribution in [3.05, 3.63) is 202 Å². The number of aliphatic carboxylic acids is 1. The van der Waals surface area contributed by atoms with Gasteiger partial charge in [-0.3, -0.25) is 4.79 Å². The number of carbonyl (C=O) groups is 2. The standard InChI is InChI=1S/C30H24F12N2O4.C29H29F6NO3S.C5H2F6O2/c31-18-10-17(11-20(13-18)48-28(35,36)25(33)34)26(14-15-4-2-1-3-5-15,16-6-9-21(32)22(12-16)47-19-7-8-19)44-24(45)23(43)27(46,29(37,38)39)30(40,41)42;1-27(2,3)40(37)36-28(17-18-7-5-4-6-8-18,19-9-12-24(31)25(15-19)38-22-10-11-22)20-13-21(30)16-23(14-20)39-29(34,35)26(32)33;6-4(7,8)2(1-3(12)13)5(9,10)11/h1-6,9-13,19,23,25,46H,7-8,14,43H2,(H,44,45);4-9,12-16,22,26,36H,10-11,17H2,1-3H3;1H,(H,12,13)/t23?,26-;28-,40+;/m11./s1. The highest BCUT2D eigenvalue weighted by atomic mass is 32.2. The first kappa shape index (κ1) is 81.5. The SMILES string of the molecule is CC(C)(C)[S@](=O)N[C@@](Cc1ccccc1)(c1cc(F)cc(OC(F)(F)C(F)F)c1)c1ccc(F)c(OC2CC2)c1.NC(C(=O)N[C@@](Cc1ccccc1)(c1cc(F)cc(OC(F)(F)C(F)F)c1)c1ccc(F)c(OC2CC2)c1)C(O)(C(F)(F)F)C(F)(F)F.O=C(O)C=C(C(F)(F)F)C(F)(F)F. The van der Waals surface area contributed by atoms with E-state index in [0.29, 0.717) is 36.6 Å². The quantitative estimate of drug-likeness (QED) is 0.0289. The van der Waals surface area contributed by atoms with Crippen LogP contribution in [0.25, 0.3) is 0 Å². The van der Waals surface area contributed by atoms with Crippen molar-refractivity contribution in [3.8, 4) is 23.0 Å². The molecule has 0 spiro atoms. The largest absolute Gasteiger partial charge is 0.487 e. The maximum Gasteiger partial charge on any atom is 0.461 e. The molecule has 1 unspecified atom stereocenters. The molecule has 6 aromatic rings. The average Bonchev–Trinajstić information content (AvgIpc) is 1.70. The maximum atomic E-state index is 15.0. The molecule has 2 fully saturated rings. The van der Waals surface area contributed by atoms with Gasteiger partial charge in [0.1, 0.15) is 34.7 Å². The zero-order chi connectivity index (χ0) is 76.0. The summed E-state index contributed by atoms with van der Waals surface area (Å²) in [7, 11) is -1.85. The lowest BCUT2D eigenvalue weighted by Crippen LogP contribution is -2.72. The van der Waals surface area contributed by atoms with Crippen molar-refractivity contribution in [1.29, 1.82) is 0 Å². The van der Waals surface area contributed by atoms with Gasteiger partial charge < -0.3 is 40.2 Å². The molecule has 0 saturated heterocycles. The van der Waals surface area contributed by atoms with E-state index in [4.69, 9.17) is 20.3 Å². The Morgan fingerprint density at radius 1 is 0.545 bits per heavy atom. The third-order valence-corrected chi connectivity index (χ3v) is 16.1. The summed E-state index contributed by atoms with van der Waals surface area (Å²) in [5, 5.41) is 19.5. The van der Waals surface area contributed by atoms with Crippen LogP contribution in [-0.2, 0) is 44.5 Å². The lowest BCUT2D eigenvalue weighted by Gasteiger charge is -2.41. The minimum absolute atomic E-state index is 0.0156. The molecule has 554 valence electrons. The third-order valence-electron chi connectivity index (χ3n) is 14.5. The molecule has 2 aliphatic carbocycles. The van der Waals surface area contributed by atoms with Gasteiger partial charge in [0, 0.05) is 24.6 Å². The highest BCUT2D eigenvalue weighted by Crippen LogP contribution is 2.48. The van der Waals surface area contributed by atoms with E-state index < -0.39 is 176 Å². The normalized spacial score (nSPS) is 15.9. The Morgan fingerprint density at radius 2 is 0.911 bits per heavy atom. The number of nitrogens with one attached hydrogen (secondary N) is 2. The van der Waals surface area contributed by atoms with Gasteiger partial charge in [0.05, 0.1) is 39.0 Å². The second kappa shape index (κ2) is 31.0. The molecule has 12 nitrogen and oxygen atoms in total. The number of halogens is 24. The number of carboxylic acid groups (broad SMARTS) is 1. The van der Waals surface area contributed by atoms with Gasteiger partial charge in [-0.2, -0.15) is 87.8 Å². The van der Waals surface area contributed by atoms with E-state index in [0.717, 1.165) is 49.2 Å². The lowest BCUT2D eigenvalue weighted by atomic mass is 9.77. The first-order valence-electron chi connectivity index (χ1n) is 28.9. The minimum atomic E-state index is -6.59. The topological polar surface area (TPSA) is 179 Å². The molecule has 8 rings (SSSR count). The number of allylic oxidation sites excluding steroid dienone is 1. The Balaban J connectivity index is 0.000000273. The van der Waals surface area contributed by atoms with Crippen LogP contribution in [0, 0.1) is 23.3 Å².